The normalized spacial score (nSPS) is 13.1. The zero-order valence-electron chi connectivity index (χ0n) is 16.3. The summed E-state index contributed by atoms with van der Waals surface area (Å²) in [7, 11) is 3.89. The number of rotatable bonds is 8. The number of hydrogen-bond donors (Lipinski definition) is 1. The van der Waals surface area contributed by atoms with E-state index in [0.717, 1.165) is 11.3 Å². The number of carbonyl (C=O) groups excluding carboxylic acids is 1. The Morgan fingerprint density at radius 3 is 2.54 bits per heavy atom. The smallest absolute Gasteiger partial charge is 0.252 e. The van der Waals surface area contributed by atoms with Crippen LogP contribution in [0.15, 0.2) is 71.5 Å². The fourth-order valence-corrected chi connectivity index (χ4v) is 2.87. The Morgan fingerprint density at radius 1 is 1.14 bits per heavy atom. The van der Waals surface area contributed by atoms with Crippen LogP contribution in [0.25, 0.3) is 0 Å². The minimum Gasteiger partial charge on any atom is -0.470 e. The van der Waals surface area contributed by atoms with Crippen LogP contribution in [0.3, 0.4) is 0 Å². The zero-order chi connectivity index (χ0) is 19.9. The quantitative estimate of drug-likeness (QED) is 0.644. The molecule has 3 aromatic rings. The van der Waals surface area contributed by atoms with Crippen molar-refractivity contribution in [3.8, 4) is 5.88 Å². The summed E-state index contributed by atoms with van der Waals surface area (Å²) in [5.74, 6) is 1.10. The van der Waals surface area contributed by atoms with Gasteiger partial charge in [0.05, 0.1) is 17.9 Å². The number of benzene rings is 1. The molecule has 0 spiro atoms. The van der Waals surface area contributed by atoms with Gasteiger partial charge in [0, 0.05) is 18.8 Å². The summed E-state index contributed by atoms with van der Waals surface area (Å²) in [4.78, 5) is 18.7. The summed E-state index contributed by atoms with van der Waals surface area (Å²) in [6.07, 6.45) is 3.04. The van der Waals surface area contributed by atoms with Crippen molar-refractivity contribution in [3.63, 3.8) is 0 Å². The fraction of sp³-hybridized carbons (Fsp3) is 0.273. The highest BCUT2D eigenvalue weighted by molar-refractivity contribution is 5.93. The van der Waals surface area contributed by atoms with Crippen LogP contribution in [-0.2, 0) is 0 Å². The lowest BCUT2D eigenvalue weighted by atomic mass is 10.1. The van der Waals surface area contributed by atoms with Crippen LogP contribution in [0.4, 0.5) is 0 Å². The molecule has 2 heterocycles. The third kappa shape index (κ3) is 4.98. The average molecular weight is 379 g/mol. The van der Waals surface area contributed by atoms with Gasteiger partial charge in [-0.05, 0) is 44.8 Å². The first kappa shape index (κ1) is 19.6. The zero-order valence-corrected chi connectivity index (χ0v) is 16.3. The molecule has 0 radical (unpaired) electrons. The second-order valence-electron chi connectivity index (χ2n) is 6.76. The van der Waals surface area contributed by atoms with Crippen LogP contribution < -0.4 is 10.1 Å². The Labute approximate surface area is 165 Å². The molecule has 1 amide bonds. The highest BCUT2D eigenvalue weighted by Gasteiger charge is 2.18. The van der Waals surface area contributed by atoms with Gasteiger partial charge >= 0.3 is 0 Å². The van der Waals surface area contributed by atoms with Crippen molar-refractivity contribution < 1.29 is 13.9 Å². The summed E-state index contributed by atoms with van der Waals surface area (Å²) < 4.78 is 11.3. The van der Waals surface area contributed by atoms with E-state index in [0.29, 0.717) is 18.0 Å². The molecule has 0 saturated carbocycles. The Morgan fingerprint density at radius 2 is 1.93 bits per heavy atom. The number of amides is 1. The lowest BCUT2D eigenvalue weighted by Gasteiger charge is -2.22. The number of nitrogens with one attached hydrogen (secondary N) is 1. The first-order valence-corrected chi connectivity index (χ1v) is 9.20. The second kappa shape index (κ2) is 9.19. The molecule has 0 aliphatic carbocycles. The van der Waals surface area contributed by atoms with Crippen molar-refractivity contribution in [3.05, 3.63) is 83.9 Å². The van der Waals surface area contributed by atoms with Gasteiger partial charge in [-0.1, -0.05) is 30.3 Å². The summed E-state index contributed by atoms with van der Waals surface area (Å²) in [5.41, 5.74) is 1.55. The second-order valence-corrected chi connectivity index (χ2v) is 6.76. The summed E-state index contributed by atoms with van der Waals surface area (Å²) in [6.45, 7) is 2.40. The molecular formula is C22H25N3O3. The molecule has 1 aromatic carbocycles. The molecule has 0 saturated heterocycles. The maximum absolute atomic E-state index is 12.5. The molecule has 146 valence electrons. The van der Waals surface area contributed by atoms with Crippen molar-refractivity contribution in [2.24, 2.45) is 0 Å². The topological polar surface area (TPSA) is 67.6 Å². The van der Waals surface area contributed by atoms with E-state index < -0.39 is 0 Å². The number of furan rings is 1. The SMILES string of the molecule is C[C@H](Oc1ccc(C(=O)NC[C@H](c2ccco2)N(C)C)cn1)c1ccccc1. The van der Waals surface area contributed by atoms with Gasteiger partial charge in [0.2, 0.25) is 5.88 Å². The van der Waals surface area contributed by atoms with Crippen LogP contribution in [-0.4, -0.2) is 36.4 Å². The molecule has 6 nitrogen and oxygen atoms in total. The number of hydrogen-bond acceptors (Lipinski definition) is 5. The number of aromatic nitrogens is 1. The van der Waals surface area contributed by atoms with Crippen molar-refractivity contribution in [2.45, 2.75) is 19.1 Å². The van der Waals surface area contributed by atoms with Gasteiger partial charge < -0.3 is 14.5 Å². The average Bonchev–Trinajstić information content (AvgIpc) is 3.23. The van der Waals surface area contributed by atoms with Gasteiger partial charge in [-0.3, -0.25) is 9.69 Å². The van der Waals surface area contributed by atoms with E-state index in [1.54, 1.807) is 18.4 Å². The maximum Gasteiger partial charge on any atom is 0.252 e. The maximum atomic E-state index is 12.5. The van der Waals surface area contributed by atoms with E-state index in [1.165, 1.54) is 6.20 Å². The summed E-state index contributed by atoms with van der Waals surface area (Å²) in [6, 6.07) is 17.1. The molecule has 0 aliphatic rings. The molecule has 0 aliphatic heterocycles. The van der Waals surface area contributed by atoms with Crippen LogP contribution >= 0.6 is 0 Å². The molecule has 3 rings (SSSR count). The summed E-state index contributed by atoms with van der Waals surface area (Å²) >= 11 is 0. The molecule has 0 fully saturated rings. The van der Waals surface area contributed by atoms with Gasteiger partial charge in [0.1, 0.15) is 11.9 Å². The van der Waals surface area contributed by atoms with E-state index in [-0.39, 0.29) is 18.1 Å². The molecule has 6 heteroatoms. The predicted octanol–water partition coefficient (Wildman–Crippen LogP) is 3.85. The minimum absolute atomic E-state index is 0.0405. The first-order valence-electron chi connectivity index (χ1n) is 9.20. The molecule has 28 heavy (non-hydrogen) atoms. The number of nitrogens with zero attached hydrogens (tertiary/aromatic N) is 2. The Kier molecular flexibility index (Phi) is 6.45. The van der Waals surface area contributed by atoms with Crippen molar-refractivity contribution >= 4 is 5.91 Å². The van der Waals surface area contributed by atoms with Crippen LogP contribution in [0, 0.1) is 0 Å². The Hall–Kier alpha value is -3.12. The van der Waals surface area contributed by atoms with Crippen LogP contribution in [0.2, 0.25) is 0 Å². The van der Waals surface area contributed by atoms with Crippen LogP contribution in [0.5, 0.6) is 5.88 Å². The Balaban J connectivity index is 1.57. The molecule has 2 atom stereocenters. The van der Waals surface area contributed by atoms with Crippen molar-refractivity contribution in [2.75, 3.05) is 20.6 Å². The van der Waals surface area contributed by atoms with Crippen LogP contribution in [0.1, 0.15) is 40.8 Å². The fourth-order valence-electron chi connectivity index (χ4n) is 2.87. The number of likely N-dealkylation sites (N-methyl/N-ethyl adjacent to an activating group) is 1. The van der Waals surface area contributed by atoms with Gasteiger partial charge in [-0.25, -0.2) is 4.98 Å². The van der Waals surface area contributed by atoms with E-state index in [1.807, 2.05) is 68.4 Å². The van der Waals surface area contributed by atoms with Gasteiger partial charge in [-0.2, -0.15) is 0 Å². The minimum atomic E-state index is -0.187. The molecule has 0 bridgehead atoms. The highest BCUT2D eigenvalue weighted by atomic mass is 16.5. The first-order chi connectivity index (χ1) is 13.5. The largest absolute Gasteiger partial charge is 0.470 e. The van der Waals surface area contributed by atoms with E-state index in [4.69, 9.17) is 9.15 Å². The standard InChI is InChI=1S/C22H25N3O3/c1-16(17-8-5-4-6-9-17)28-21-12-11-18(14-23-21)22(26)24-15-19(25(2)3)20-10-7-13-27-20/h4-14,16,19H,15H2,1-3H3,(H,24,26)/t16-,19+/m0/s1. The number of ether oxygens (including phenoxy) is 1. The molecule has 0 unspecified atom stereocenters. The molecule has 2 aromatic heterocycles. The monoisotopic (exact) mass is 379 g/mol. The molecule has 1 N–H and O–H groups in total. The molecular weight excluding hydrogens is 354 g/mol. The van der Waals surface area contributed by atoms with E-state index in [2.05, 4.69) is 10.3 Å². The lowest BCUT2D eigenvalue weighted by molar-refractivity contribution is 0.0938. The van der Waals surface area contributed by atoms with E-state index >= 15 is 0 Å². The van der Waals surface area contributed by atoms with Gasteiger partial charge in [-0.15, -0.1) is 0 Å². The van der Waals surface area contributed by atoms with Gasteiger partial charge in [0.15, 0.2) is 0 Å². The highest BCUT2D eigenvalue weighted by Crippen LogP contribution is 2.20. The summed E-state index contributed by atoms with van der Waals surface area (Å²) in [5, 5.41) is 2.93. The van der Waals surface area contributed by atoms with E-state index in [9.17, 15) is 4.79 Å². The number of carbonyl (C=O) groups is 1. The number of pyridine rings is 1. The third-order valence-electron chi connectivity index (χ3n) is 4.52. The third-order valence-corrected chi connectivity index (χ3v) is 4.52. The predicted molar refractivity (Wildman–Crippen MR) is 107 cm³/mol. The Bertz CT molecular complexity index is 862. The lowest BCUT2D eigenvalue weighted by Crippen LogP contribution is -2.34. The van der Waals surface area contributed by atoms with Crippen molar-refractivity contribution in [1.29, 1.82) is 0 Å². The van der Waals surface area contributed by atoms with Gasteiger partial charge in [0.25, 0.3) is 5.91 Å². The van der Waals surface area contributed by atoms with Crippen molar-refractivity contribution in [1.82, 2.24) is 15.2 Å².